The van der Waals surface area contributed by atoms with E-state index >= 15 is 0 Å². The molecule has 0 radical (unpaired) electrons. The second-order valence-electron chi connectivity index (χ2n) is 8.45. The van der Waals surface area contributed by atoms with Crippen LogP contribution in [0.25, 0.3) is 0 Å². The molecule has 2 fully saturated rings. The summed E-state index contributed by atoms with van der Waals surface area (Å²) in [7, 11) is 0. The van der Waals surface area contributed by atoms with Crippen LogP contribution in [0.5, 0.6) is 11.5 Å². The molecule has 3 aromatic carbocycles. The molecule has 0 aromatic heterocycles. The van der Waals surface area contributed by atoms with Crippen LogP contribution in [0.4, 0.5) is 23.7 Å². The number of hydrogen-bond acceptors (Lipinski definition) is 4. The van der Waals surface area contributed by atoms with Crippen LogP contribution in [0.2, 0.25) is 0 Å². The van der Waals surface area contributed by atoms with Gasteiger partial charge in [-0.25, -0.2) is 9.69 Å². The van der Waals surface area contributed by atoms with Gasteiger partial charge in [0.15, 0.2) is 0 Å². The molecule has 0 unspecified atom stereocenters. The van der Waals surface area contributed by atoms with Gasteiger partial charge in [-0.05, 0) is 67.1 Å². The predicted octanol–water partition coefficient (Wildman–Crippen LogP) is 4.84. The number of para-hydroxylation sites is 1. The van der Waals surface area contributed by atoms with Crippen LogP contribution >= 0.6 is 0 Å². The number of alkyl halides is 3. The van der Waals surface area contributed by atoms with E-state index < -0.39 is 41.7 Å². The molecule has 36 heavy (non-hydrogen) atoms. The molecule has 2 atom stereocenters. The van der Waals surface area contributed by atoms with Gasteiger partial charge in [-0.2, -0.15) is 13.2 Å². The number of rotatable bonds is 4. The van der Waals surface area contributed by atoms with E-state index in [4.69, 9.17) is 4.74 Å². The van der Waals surface area contributed by atoms with Crippen molar-refractivity contribution in [2.45, 2.75) is 24.7 Å². The lowest BCUT2D eigenvalue weighted by Gasteiger charge is -2.37. The van der Waals surface area contributed by atoms with Crippen molar-refractivity contribution in [1.29, 1.82) is 0 Å². The number of ether oxygens (including phenoxy) is 1. The van der Waals surface area contributed by atoms with Crippen molar-refractivity contribution in [3.8, 4) is 11.5 Å². The minimum absolute atomic E-state index is 0.0299. The Hall–Kier alpha value is -4.34. The van der Waals surface area contributed by atoms with E-state index in [1.807, 2.05) is 18.2 Å². The van der Waals surface area contributed by atoms with Crippen molar-refractivity contribution in [2.24, 2.45) is 0 Å². The Bertz CT molecular complexity index is 1290. The van der Waals surface area contributed by atoms with Gasteiger partial charge in [0.1, 0.15) is 17.5 Å². The number of carbonyl (C=O) groups excluding carboxylic acids is 3. The second-order valence-corrected chi connectivity index (χ2v) is 8.45. The average molecular weight is 495 g/mol. The molecule has 0 bridgehead atoms. The third-order valence-electron chi connectivity index (χ3n) is 6.18. The van der Waals surface area contributed by atoms with Crippen LogP contribution in [0.3, 0.4) is 0 Å². The number of nitrogens with one attached hydrogen (secondary N) is 1. The molecule has 2 aliphatic rings. The summed E-state index contributed by atoms with van der Waals surface area (Å²) in [6.45, 7) is 0.179. The van der Waals surface area contributed by atoms with E-state index in [0.29, 0.717) is 23.6 Å². The van der Waals surface area contributed by atoms with Gasteiger partial charge in [0.05, 0.1) is 17.3 Å². The van der Waals surface area contributed by atoms with Gasteiger partial charge in [-0.3, -0.25) is 9.59 Å². The molecular weight excluding hydrogens is 475 g/mol. The number of halogens is 3. The molecule has 184 valence electrons. The zero-order valence-electron chi connectivity index (χ0n) is 18.7. The first-order valence-electron chi connectivity index (χ1n) is 11.2. The minimum atomic E-state index is -4.52. The Kier molecular flexibility index (Phi) is 5.87. The number of anilines is 1. The highest BCUT2D eigenvalue weighted by molar-refractivity contribution is 6.19. The fourth-order valence-electron chi connectivity index (χ4n) is 4.43. The van der Waals surface area contributed by atoms with E-state index in [0.717, 1.165) is 29.2 Å². The van der Waals surface area contributed by atoms with Gasteiger partial charge < -0.3 is 15.0 Å². The molecule has 5 rings (SSSR count). The molecule has 0 spiro atoms. The van der Waals surface area contributed by atoms with Gasteiger partial charge in [0.2, 0.25) is 0 Å². The normalized spacial score (nSPS) is 19.6. The lowest BCUT2D eigenvalue weighted by Crippen LogP contribution is -2.65. The first-order valence-corrected chi connectivity index (χ1v) is 11.2. The summed E-state index contributed by atoms with van der Waals surface area (Å²) >= 11 is 0. The van der Waals surface area contributed by atoms with Crippen molar-refractivity contribution in [1.82, 2.24) is 10.2 Å². The lowest BCUT2D eigenvalue weighted by atomic mass is 10.0. The van der Waals surface area contributed by atoms with Gasteiger partial charge >= 0.3 is 12.2 Å². The number of likely N-dealkylation sites (tertiary alicyclic amines) is 1. The first-order chi connectivity index (χ1) is 17.2. The van der Waals surface area contributed by atoms with E-state index in [-0.39, 0.29) is 12.1 Å². The number of urea groups is 1. The van der Waals surface area contributed by atoms with Crippen molar-refractivity contribution >= 4 is 23.5 Å². The van der Waals surface area contributed by atoms with Crippen LogP contribution in [-0.4, -0.2) is 41.4 Å². The Labute approximate surface area is 204 Å². The Morgan fingerprint density at radius 3 is 2.17 bits per heavy atom. The monoisotopic (exact) mass is 495 g/mol. The summed E-state index contributed by atoms with van der Waals surface area (Å²) in [6.07, 6.45) is -4.17. The minimum Gasteiger partial charge on any atom is -0.457 e. The number of nitrogens with zero attached hydrogens (tertiary/aromatic N) is 2. The Morgan fingerprint density at radius 1 is 0.889 bits per heavy atom. The summed E-state index contributed by atoms with van der Waals surface area (Å²) < 4.78 is 44.4. The number of fused-ring (bicyclic) bond motifs is 1. The van der Waals surface area contributed by atoms with Crippen LogP contribution in [-0.2, 0) is 11.0 Å². The topological polar surface area (TPSA) is 79.0 Å². The number of amides is 4. The summed E-state index contributed by atoms with van der Waals surface area (Å²) in [6, 6.07) is 17.1. The molecule has 1 N–H and O–H groups in total. The lowest BCUT2D eigenvalue weighted by molar-refractivity contribution is -0.137. The summed E-state index contributed by atoms with van der Waals surface area (Å²) in [4.78, 5) is 41.5. The number of benzene rings is 3. The Balaban J connectivity index is 1.35. The van der Waals surface area contributed by atoms with Crippen molar-refractivity contribution in [3.05, 3.63) is 90.0 Å². The van der Waals surface area contributed by atoms with Crippen LogP contribution in [0.1, 0.15) is 22.3 Å². The van der Waals surface area contributed by atoms with Crippen LogP contribution in [0, 0.1) is 0 Å². The molecule has 2 aliphatic heterocycles. The summed E-state index contributed by atoms with van der Waals surface area (Å²) in [5.74, 6) is -0.0264. The molecule has 10 heteroatoms. The van der Waals surface area contributed by atoms with Gasteiger partial charge in [-0.15, -0.1) is 0 Å². The molecule has 4 amide bonds. The molecule has 2 heterocycles. The zero-order chi connectivity index (χ0) is 25.4. The number of carbonyl (C=O) groups is 3. The number of hydrogen-bond donors (Lipinski definition) is 1. The molecule has 0 aliphatic carbocycles. The fourth-order valence-corrected chi connectivity index (χ4v) is 4.43. The maximum absolute atomic E-state index is 13.4. The van der Waals surface area contributed by atoms with Crippen molar-refractivity contribution in [2.75, 3.05) is 11.4 Å². The van der Waals surface area contributed by atoms with Gasteiger partial charge in [-0.1, -0.05) is 18.2 Å². The largest absolute Gasteiger partial charge is 0.457 e. The maximum Gasteiger partial charge on any atom is 0.416 e. The first kappa shape index (κ1) is 23.4. The second kappa shape index (κ2) is 9.03. The van der Waals surface area contributed by atoms with Crippen molar-refractivity contribution in [3.63, 3.8) is 0 Å². The third-order valence-corrected chi connectivity index (χ3v) is 6.18. The van der Waals surface area contributed by atoms with E-state index in [9.17, 15) is 27.6 Å². The van der Waals surface area contributed by atoms with E-state index in [1.54, 1.807) is 36.4 Å². The van der Waals surface area contributed by atoms with Crippen LogP contribution in [0.15, 0.2) is 78.9 Å². The van der Waals surface area contributed by atoms with E-state index in [2.05, 4.69) is 5.32 Å². The van der Waals surface area contributed by atoms with Crippen LogP contribution < -0.4 is 15.0 Å². The summed E-state index contributed by atoms with van der Waals surface area (Å²) in [5, 5.41) is 2.77. The molecule has 2 saturated heterocycles. The summed E-state index contributed by atoms with van der Waals surface area (Å²) in [5.41, 5.74) is -0.544. The molecule has 3 aromatic rings. The van der Waals surface area contributed by atoms with Gasteiger partial charge in [0, 0.05) is 12.1 Å². The van der Waals surface area contributed by atoms with E-state index in [1.165, 1.54) is 4.90 Å². The standard InChI is InChI=1S/C26H20F3N3O4/c27-26(28,29)17-8-6-16(7-9-17)23(33)31-15-14-21-22(31)24(34)32(25(35)30-21)18-10-12-20(13-11-18)36-19-4-2-1-3-5-19/h1-13,21-22H,14-15H2,(H,30,35)/t21-,22-/m1/s1. The average Bonchev–Trinajstić information content (AvgIpc) is 3.29. The Morgan fingerprint density at radius 2 is 1.53 bits per heavy atom. The third kappa shape index (κ3) is 4.37. The molecule has 0 saturated carbocycles. The highest BCUT2D eigenvalue weighted by Crippen LogP contribution is 2.32. The molecule has 7 nitrogen and oxygen atoms in total. The zero-order valence-corrected chi connectivity index (χ0v) is 18.7. The maximum atomic E-state index is 13.4. The fraction of sp³-hybridized carbons (Fsp3) is 0.192. The highest BCUT2D eigenvalue weighted by Gasteiger charge is 2.50. The SMILES string of the molecule is O=C1N[C@@H]2CCN(C(=O)c3ccc(C(F)(F)F)cc3)[C@H]2C(=O)N1c1ccc(Oc2ccccc2)cc1. The number of imide groups is 1. The van der Waals surface area contributed by atoms with Crippen molar-refractivity contribution < 1.29 is 32.3 Å². The molecular formula is C26H20F3N3O4. The predicted molar refractivity (Wildman–Crippen MR) is 124 cm³/mol. The van der Waals surface area contributed by atoms with Gasteiger partial charge in [0.25, 0.3) is 11.8 Å². The smallest absolute Gasteiger partial charge is 0.416 e. The quantitative estimate of drug-likeness (QED) is 0.562. The highest BCUT2D eigenvalue weighted by atomic mass is 19.4.